The standard InChI is InChI=1S/C57H37NO2S/c1-57(2)45-19-8-6-15-40(45)41-30-29-37(31-46(41)57)58(36-27-25-35(26-28-36)39-18-11-24-53-55(39)42-16-7-9-23-52(42)61-53)47-20-12-22-49-56(47)44-33-50-43(32-51(44)60-49)54-38(17-10-21-48(54)59-50)34-13-4-3-5-14-34/h3-33H,1-2H3. The molecule has 288 valence electrons. The van der Waals surface area contributed by atoms with Gasteiger partial charge in [-0.15, -0.1) is 11.3 Å². The second kappa shape index (κ2) is 12.8. The molecule has 1 aliphatic rings. The predicted octanol–water partition coefficient (Wildman–Crippen LogP) is 17.0. The molecule has 61 heavy (non-hydrogen) atoms. The lowest BCUT2D eigenvalue weighted by molar-refractivity contribution is 0.660. The maximum Gasteiger partial charge on any atom is 0.137 e. The number of hydrogen-bond acceptors (Lipinski definition) is 4. The molecule has 0 unspecified atom stereocenters. The molecule has 0 aliphatic heterocycles. The van der Waals surface area contributed by atoms with E-state index in [1.807, 2.05) is 11.3 Å². The molecule has 0 N–H and O–H groups in total. The van der Waals surface area contributed by atoms with Gasteiger partial charge in [-0.1, -0.05) is 135 Å². The summed E-state index contributed by atoms with van der Waals surface area (Å²) in [4.78, 5) is 2.41. The Morgan fingerprint density at radius 3 is 1.80 bits per heavy atom. The highest BCUT2D eigenvalue weighted by atomic mass is 32.1. The van der Waals surface area contributed by atoms with Crippen molar-refractivity contribution < 1.29 is 8.83 Å². The maximum atomic E-state index is 6.81. The van der Waals surface area contributed by atoms with Crippen LogP contribution in [0.5, 0.6) is 0 Å². The molecule has 0 radical (unpaired) electrons. The predicted molar refractivity (Wildman–Crippen MR) is 257 cm³/mol. The van der Waals surface area contributed by atoms with E-state index in [1.165, 1.54) is 53.6 Å². The van der Waals surface area contributed by atoms with Crippen LogP contribution in [-0.2, 0) is 5.41 Å². The monoisotopic (exact) mass is 799 g/mol. The summed E-state index contributed by atoms with van der Waals surface area (Å²) in [7, 11) is 0. The summed E-state index contributed by atoms with van der Waals surface area (Å²) in [5, 5.41) is 6.83. The zero-order chi connectivity index (χ0) is 40.4. The first-order chi connectivity index (χ1) is 30.0. The van der Waals surface area contributed by atoms with Gasteiger partial charge in [0, 0.05) is 53.1 Å². The first-order valence-electron chi connectivity index (χ1n) is 20.9. The molecule has 0 saturated carbocycles. The SMILES string of the molecule is CC1(C)c2ccccc2-c2ccc(N(c3ccc(-c4cccc5sc6ccccc6c45)cc3)c3cccc4oc5cc6c(cc5c34)oc3cccc(-c4ccccc4)c36)cc21. The van der Waals surface area contributed by atoms with Crippen molar-refractivity contribution in [1.29, 1.82) is 0 Å². The van der Waals surface area contributed by atoms with E-state index in [4.69, 9.17) is 8.83 Å². The van der Waals surface area contributed by atoms with Crippen LogP contribution in [0, 0.1) is 0 Å². The highest BCUT2D eigenvalue weighted by Crippen LogP contribution is 2.52. The number of furan rings is 2. The number of anilines is 3. The van der Waals surface area contributed by atoms with E-state index in [2.05, 4.69) is 207 Å². The molecular formula is C57H37NO2S. The largest absolute Gasteiger partial charge is 0.456 e. The lowest BCUT2D eigenvalue weighted by Gasteiger charge is -2.28. The normalized spacial score (nSPS) is 13.2. The lowest BCUT2D eigenvalue weighted by Crippen LogP contribution is -2.16. The van der Waals surface area contributed by atoms with Crippen LogP contribution < -0.4 is 4.90 Å². The molecule has 0 bridgehead atoms. The van der Waals surface area contributed by atoms with Gasteiger partial charge in [-0.05, 0) is 111 Å². The van der Waals surface area contributed by atoms with Crippen LogP contribution in [0.3, 0.4) is 0 Å². The number of thiophene rings is 1. The minimum atomic E-state index is -0.153. The third-order valence-electron chi connectivity index (χ3n) is 13.1. The summed E-state index contributed by atoms with van der Waals surface area (Å²) in [5.41, 5.74) is 16.5. The Balaban J connectivity index is 1.02. The van der Waals surface area contributed by atoms with E-state index in [0.717, 1.165) is 72.1 Å². The average Bonchev–Trinajstić information content (AvgIpc) is 4.04. The Morgan fingerprint density at radius 1 is 0.393 bits per heavy atom. The van der Waals surface area contributed by atoms with E-state index in [0.29, 0.717) is 0 Å². The molecule has 0 amide bonds. The molecular weight excluding hydrogens is 763 g/mol. The van der Waals surface area contributed by atoms with Crippen LogP contribution in [0.2, 0.25) is 0 Å². The van der Waals surface area contributed by atoms with Crippen LogP contribution in [0.1, 0.15) is 25.0 Å². The van der Waals surface area contributed by atoms with Crippen molar-refractivity contribution in [1.82, 2.24) is 0 Å². The Bertz CT molecular complexity index is 3740. The summed E-state index contributed by atoms with van der Waals surface area (Å²) in [6.07, 6.45) is 0. The van der Waals surface area contributed by atoms with Gasteiger partial charge in [-0.2, -0.15) is 0 Å². The van der Waals surface area contributed by atoms with Gasteiger partial charge in [0.15, 0.2) is 0 Å². The van der Waals surface area contributed by atoms with E-state index >= 15 is 0 Å². The zero-order valence-electron chi connectivity index (χ0n) is 33.6. The Kier molecular flexibility index (Phi) is 7.23. The maximum absolute atomic E-state index is 6.81. The topological polar surface area (TPSA) is 29.5 Å². The molecule has 4 heteroatoms. The Hall–Kier alpha value is -7.40. The third kappa shape index (κ3) is 5.03. The number of nitrogens with zero attached hydrogens (tertiary/aromatic N) is 1. The second-order valence-corrected chi connectivity index (χ2v) is 17.9. The molecule has 3 nitrogen and oxygen atoms in total. The molecule has 9 aromatic carbocycles. The molecule has 0 spiro atoms. The summed E-state index contributed by atoms with van der Waals surface area (Å²) in [5.74, 6) is 0. The summed E-state index contributed by atoms with van der Waals surface area (Å²) in [6, 6.07) is 68.1. The minimum absolute atomic E-state index is 0.153. The van der Waals surface area contributed by atoms with E-state index in [9.17, 15) is 0 Å². The van der Waals surface area contributed by atoms with Crippen LogP contribution in [-0.4, -0.2) is 0 Å². The van der Waals surface area contributed by atoms with Gasteiger partial charge in [0.2, 0.25) is 0 Å². The van der Waals surface area contributed by atoms with Crippen molar-refractivity contribution in [3.8, 4) is 33.4 Å². The van der Waals surface area contributed by atoms with Crippen LogP contribution in [0.15, 0.2) is 197 Å². The molecule has 3 heterocycles. The van der Waals surface area contributed by atoms with E-state index < -0.39 is 0 Å². The first-order valence-corrected chi connectivity index (χ1v) is 21.7. The van der Waals surface area contributed by atoms with Crippen molar-refractivity contribution in [2.24, 2.45) is 0 Å². The molecule has 1 aliphatic carbocycles. The van der Waals surface area contributed by atoms with Gasteiger partial charge < -0.3 is 13.7 Å². The minimum Gasteiger partial charge on any atom is -0.456 e. The fraction of sp³-hybridized carbons (Fsp3) is 0.0526. The average molecular weight is 800 g/mol. The Labute approximate surface area is 356 Å². The van der Waals surface area contributed by atoms with Crippen molar-refractivity contribution >= 4 is 92.4 Å². The van der Waals surface area contributed by atoms with Crippen molar-refractivity contribution in [3.05, 3.63) is 199 Å². The smallest absolute Gasteiger partial charge is 0.137 e. The third-order valence-corrected chi connectivity index (χ3v) is 14.2. The second-order valence-electron chi connectivity index (χ2n) is 16.8. The number of hydrogen-bond donors (Lipinski definition) is 0. The van der Waals surface area contributed by atoms with Crippen molar-refractivity contribution in [2.45, 2.75) is 19.3 Å². The number of fused-ring (bicyclic) bond motifs is 12. The highest BCUT2D eigenvalue weighted by Gasteiger charge is 2.36. The van der Waals surface area contributed by atoms with E-state index in [-0.39, 0.29) is 5.41 Å². The van der Waals surface area contributed by atoms with Gasteiger partial charge >= 0.3 is 0 Å². The molecule has 0 fully saturated rings. The van der Waals surface area contributed by atoms with Crippen LogP contribution >= 0.6 is 11.3 Å². The molecule has 3 aromatic heterocycles. The molecule has 0 atom stereocenters. The van der Waals surface area contributed by atoms with Crippen molar-refractivity contribution in [2.75, 3.05) is 4.90 Å². The number of benzene rings is 9. The Morgan fingerprint density at radius 2 is 0.984 bits per heavy atom. The summed E-state index contributed by atoms with van der Waals surface area (Å²) >= 11 is 1.86. The van der Waals surface area contributed by atoms with Crippen LogP contribution in [0.4, 0.5) is 17.1 Å². The quantitative estimate of drug-likeness (QED) is 0.174. The fourth-order valence-corrected chi connectivity index (χ4v) is 11.4. The van der Waals surface area contributed by atoms with E-state index in [1.54, 1.807) is 0 Å². The highest BCUT2D eigenvalue weighted by molar-refractivity contribution is 7.25. The molecule has 12 aromatic rings. The van der Waals surface area contributed by atoms with Gasteiger partial charge in [0.25, 0.3) is 0 Å². The molecule has 13 rings (SSSR count). The van der Waals surface area contributed by atoms with Crippen molar-refractivity contribution in [3.63, 3.8) is 0 Å². The molecule has 0 saturated heterocycles. The zero-order valence-corrected chi connectivity index (χ0v) is 34.4. The first kappa shape index (κ1) is 34.5. The lowest BCUT2D eigenvalue weighted by atomic mass is 9.82. The summed E-state index contributed by atoms with van der Waals surface area (Å²) < 4.78 is 16.1. The van der Waals surface area contributed by atoms with Crippen LogP contribution in [0.25, 0.3) is 97.4 Å². The van der Waals surface area contributed by atoms with Gasteiger partial charge in [0.1, 0.15) is 22.3 Å². The van der Waals surface area contributed by atoms with Gasteiger partial charge in [-0.25, -0.2) is 0 Å². The number of rotatable bonds is 5. The summed E-state index contributed by atoms with van der Waals surface area (Å²) in [6.45, 7) is 4.70. The fourth-order valence-electron chi connectivity index (χ4n) is 10.2. The van der Waals surface area contributed by atoms with Gasteiger partial charge in [-0.3, -0.25) is 0 Å². The van der Waals surface area contributed by atoms with Gasteiger partial charge in [0.05, 0.1) is 11.1 Å².